The van der Waals surface area contributed by atoms with E-state index in [1.54, 1.807) is 0 Å². The first-order valence-corrected chi connectivity index (χ1v) is 6.21. The van der Waals surface area contributed by atoms with Crippen molar-refractivity contribution in [2.45, 2.75) is 18.9 Å². The molecule has 0 aromatic heterocycles. The first kappa shape index (κ1) is 16.8. The predicted molar refractivity (Wildman–Crippen MR) is 66.1 cm³/mol. The fraction of sp³-hybridized carbons (Fsp3) is 0.273. The average Bonchev–Trinajstić information content (AvgIpc) is 2.36. The molecule has 1 aromatic rings. The van der Waals surface area contributed by atoms with Crippen LogP contribution in [0.4, 0.5) is 0 Å². The van der Waals surface area contributed by atoms with Crippen LogP contribution in [0.5, 0.6) is 0 Å². The quantitative estimate of drug-likeness (QED) is 0.835. The number of carbonyl (C=O) groups is 2. The van der Waals surface area contributed by atoms with E-state index in [0.717, 1.165) is 0 Å². The highest BCUT2D eigenvalue weighted by Gasteiger charge is 2.17. The van der Waals surface area contributed by atoms with Crippen molar-refractivity contribution in [1.82, 2.24) is 0 Å². The average molecular weight is 287 g/mol. The fourth-order valence-electron chi connectivity index (χ4n) is 0.970. The van der Waals surface area contributed by atoms with Crippen molar-refractivity contribution in [2.24, 2.45) is 4.36 Å². The summed E-state index contributed by atoms with van der Waals surface area (Å²) in [4.78, 5) is 20.3. The maximum absolute atomic E-state index is 10.3. The van der Waals surface area contributed by atoms with Crippen LogP contribution in [0.1, 0.15) is 12.8 Å². The minimum atomic E-state index is -2.83. The first-order valence-electron chi connectivity index (χ1n) is 5.18. The third kappa shape index (κ3) is 10.6. The third-order valence-electron chi connectivity index (χ3n) is 1.80. The van der Waals surface area contributed by atoms with Gasteiger partial charge in [0.15, 0.2) is 6.04 Å². The maximum Gasteiger partial charge on any atom is 0.329 e. The Morgan fingerprint density at radius 3 is 1.68 bits per heavy atom. The fourth-order valence-corrected chi connectivity index (χ4v) is 1.37. The summed E-state index contributed by atoms with van der Waals surface area (Å²) in [5.41, 5.74) is 0. The van der Waals surface area contributed by atoms with Gasteiger partial charge in [-0.05, 0) is 6.42 Å². The number of hydrogen-bond acceptors (Lipinski definition) is 5. The molecule has 0 bridgehead atoms. The number of benzene rings is 1. The Hall–Kier alpha value is -2.22. The summed E-state index contributed by atoms with van der Waals surface area (Å²) in [6, 6.07) is 10.5. The molecule has 1 aromatic carbocycles. The van der Waals surface area contributed by atoms with Gasteiger partial charge in [0.25, 0.3) is 0 Å². The van der Waals surface area contributed by atoms with E-state index in [1.807, 2.05) is 36.4 Å². The van der Waals surface area contributed by atoms with Crippen molar-refractivity contribution in [3.05, 3.63) is 36.4 Å². The highest BCUT2D eigenvalue weighted by Crippen LogP contribution is 2.02. The predicted octanol–water partition coefficient (Wildman–Crippen LogP) is 1.05. The van der Waals surface area contributed by atoms with Gasteiger partial charge in [-0.15, -0.1) is 0 Å². The van der Waals surface area contributed by atoms with E-state index in [-0.39, 0.29) is 6.42 Å². The molecule has 1 unspecified atom stereocenters. The number of rotatable bonds is 5. The second-order valence-corrected chi connectivity index (χ2v) is 3.91. The zero-order valence-electron chi connectivity index (χ0n) is 9.84. The van der Waals surface area contributed by atoms with E-state index < -0.39 is 34.9 Å². The summed E-state index contributed by atoms with van der Waals surface area (Å²) < 4.78 is 22.8. The van der Waals surface area contributed by atoms with E-state index >= 15 is 0 Å². The lowest BCUT2D eigenvalue weighted by atomic mass is 10.2. The largest absolute Gasteiger partial charge is 0.481 e. The molecule has 0 saturated carbocycles. The smallest absolute Gasteiger partial charge is 0.329 e. The molecule has 1 rings (SSSR count). The Morgan fingerprint density at radius 2 is 1.42 bits per heavy atom. The van der Waals surface area contributed by atoms with Gasteiger partial charge in [-0.3, -0.25) is 4.79 Å². The van der Waals surface area contributed by atoms with Gasteiger partial charge in [-0.2, -0.15) is 12.8 Å². The number of nitrogens with zero attached hydrogens (tertiary/aromatic N) is 1. The third-order valence-corrected chi connectivity index (χ3v) is 2.22. The molecule has 0 amide bonds. The van der Waals surface area contributed by atoms with Gasteiger partial charge in [0.05, 0.1) is 0 Å². The molecular weight excluding hydrogens is 274 g/mol. The second-order valence-electron chi connectivity index (χ2n) is 3.26. The molecule has 0 aliphatic rings. The summed E-state index contributed by atoms with van der Waals surface area (Å²) in [5.74, 6) is -2.65. The van der Waals surface area contributed by atoms with Crippen molar-refractivity contribution in [2.75, 3.05) is 0 Å². The minimum absolute atomic E-state index is 0.335. The van der Waals surface area contributed by atoms with Crippen molar-refractivity contribution in [1.29, 1.82) is 0 Å². The summed E-state index contributed by atoms with van der Waals surface area (Å²) in [6.07, 6.45) is -0.768. The van der Waals surface area contributed by atoms with Gasteiger partial charge < -0.3 is 10.2 Å². The lowest BCUT2D eigenvalue weighted by molar-refractivity contribution is -0.139. The Balaban J connectivity index is 0.000000443. The van der Waals surface area contributed by atoms with Crippen molar-refractivity contribution < 1.29 is 28.2 Å². The molecule has 19 heavy (non-hydrogen) atoms. The Labute approximate surface area is 111 Å². The van der Waals surface area contributed by atoms with E-state index in [1.165, 1.54) is 0 Å². The SMILES string of the molecule is O=C(O)CCC(N=S(=O)=O)C(=O)O.c1ccccc1. The second kappa shape index (κ2) is 9.77. The van der Waals surface area contributed by atoms with Crippen LogP contribution in [0.3, 0.4) is 0 Å². The monoisotopic (exact) mass is 287 g/mol. The van der Waals surface area contributed by atoms with Gasteiger partial charge >= 0.3 is 22.4 Å². The summed E-state index contributed by atoms with van der Waals surface area (Å²) in [6.45, 7) is 0. The number of hydrogen-bond donors (Lipinski definition) is 2. The highest BCUT2D eigenvalue weighted by molar-refractivity contribution is 7.61. The van der Waals surface area contributed by atoms with E-state index in [0.29, 0.717) is 0 Å². The number of carboxylic acids is 2. The maximum atomic E-state index is 10.3. The highest BCUT2D eigenvalue weighted by atomic mass is 32.2. The Morgan fingerprint density at radius 1 is 1.00 bits per heavy atom. The molecule has 8 heteroatoms. The van der Waals surface area contributed by atoms with E-state index in [2.05, 4.69) is 4.36 Å². The molecule has 7 nitrogen and oxygen atoms in total. The number of aliphatic carboxylic acids is 2. The molecule has 0 radical (unpaired) electrons. The summed E-state index contributed by atoms with van der Waals surface area (Å²) in [7, 11) is -2.83. The van der Waals surface area contributed by atoms with Gasteiger partial charge in [0, 0.05) is 6.42 Å². The molecule has 0 spiro atoms. The summed E-state index contributed by atoms with van der Waals surface area (Å²) >= 11 is 0. The van der Waals surface area contributed by atoms with Gasteiger partial charge in [0.2, 0.25) is 0 Å². The van der Waals surface area contributed by atoms with Gasteiger partial charge in [-0.1, -0.05) is 36.4 Å². The molecule has 1 atom stereocenters. The molecule has 2 N–H and O–H groups in total. The van der Waals surface area contributed by atoms with Crippen LogP contribution in [0.2, 0.25) is 0 Å². The number of carboxylic acid groups (broad SMARTS) is 2. The van der Waals surface area contributed by atoms with Crippen molar-refractivity contribution in [3.63, 3.8) is 0 Å². The minimum Gasteiger partial charge on any atom is -0.481 e. The molecule has 0 aliphatic heterocycles. The zero-order valence-corrected chi connectivity index (χ0v) is 10.7. The molecule has 0 saturated heterocycles. The molecule has 0 aliphatic carbocycles. The van der Waals surface area contributed by atoms with Crippen LogP contribution in [-0.4, -0.2) is 36.6 Å². The van der Waals surface area contributed by atoms with E-state index in [4.69, 9.17) is 10.2 Å². The Bertz CT molecular complexity index is 491. The van der Waals surface area contributed by atoms with Gasteiger partial charge in [0.1, 0.15) is 0 Å². The lowest BCUT2D eigenvalue weighted by Gasteiger charge is -2.00. The van der Waals surface area contributed by atoms with Crippen molar-refractivity contribution >= 4 is 22.4 Å². The van der Waals surface area contributed by atoms with Crippen LogP contribution in [0.15, 0.2) is 40.8 Å². The Kier molecular flexibility index (Phi) is 8.63. The van der Waals surface area contributed by atoms with Gasteiger partial charge in [-0.25, -0.2) is 4.79 Å². The molecule has 104 valence electrons. The van der Waals surface area contributed by atoms with E-state index in [9.17, 15) is 18.0 Å². The van der Waals surface area contributed by atoms with Crippen molar-refractivity contribution in [3.8, 4) is 0 Å². The first-order chi connectivity index (χ1) is 8.93. The normalized spacial score (nSPS) is 10.5. The summed E-state index contributed by atoms with van der Waals surface area (Å²) in [5, 5.41) is 16.6. The molecular formula is C11H13NO6S. The van der Waals surface area contributed by atoms with Crippen LogP contribution < -0.4 is 0 Å². The lowest BCUT2D eigenvalue weighted by Crippen LogP contribution is -2.18. The molecule has 0 fully saturated rings. The van der Waals surface area contributed by atoms with Crippen LogP contribution in [0.25, 0.3) is 0 Å². The van der Waals surface area contributed by atoms with Crippen LogP contribution in [0, 0.1) is 0 Å². The topological polar surface area (TPSA) is 121 Å². The standard InChI is InChI=1S/C6H6.C5H7NO6S/c1-2-4-6-5-3-1;7-4(8)2-1-3(5(9)10)6-13(11)12/h1-6H;3H,1-2H2,(H,7,8)(H,9,10). The zero-order chi connectivity index (χ0) is 14.7. The van der Waals surface area contributed by atoms with Crippen LogP contribution >= 0.6 is 0 Å². The molecule has 0 heterocycles. The van der Waals surface area contributed by atoms with Crippen LogP contribution in [-0.2, 0) is 20.1 Å².